The largest absolute Gasteiger partial charge is 0.494 e. The summed E-state index contributed by atoms with van der Waals surface area (Å²) in [6.07, 6.45) is 2.71. The van der Waals surface area contributed by atoms with Crippen molar-refractivity contribution in [1.82, 2.24) is 4.57 Å². The molecule has 0 aliphatic rings. The molecule has 0 fully saturated rings. The van der Waals surface area contributed by atoms with Gasteiger partial charge >= 0.3 is 5.97 Å². The van der Waals surface area contributed by atoms with E-state index in [2.05, 4.69) is 17.0 Å². The lowest BCUT2D eigenvalue weighted by molar-refractivity contribution is 0.0513. The maximum Gasteiger partial charge on any atom is 0.355 e. The molecule has 7 heteroatoms. The summed E-state index contributed by atoms with van der Waals surface area (Å²) >= 11 is 12.5. The van der Waals surface area contributed by atoms with Gasteiger partial charge in [0, 0.05) is 35.0 Å². The van der Waals surface area contributed by atoms with Crippen molar-refractivity contribution in [2.75, 3.05) is 18.1 Å². The molecule has 0 spiro atoms. The number of aryl methyl sites for hydroxylation is 3. The Labute approximate surface area is 234 Å². The van der Waals surface area contributed by atoms with Gasteiger partial charge in [-0.05, 0) is 86.3 Å². The van der Waals surface area contributed by atoms with Crippen molar-refractivity contribution >= 4 is 40.5 Å². The topological polar surface area (TPSA) is 43.7 Å². The average Bonchev–Trinajstić information content (AvgIpc) is 3.33. The fourth-order valence-electron chi connectivity index (χ4n) is 4.38. The lowest BCUT2D eigenvalue weighted by Crippen LogP contribution is -2.16. The van der Waals surface area contributed by atoms with Gasteiger partial charge in [-0.1, -0.05) is 53.5 Å². The Hall–Kier alpha value is -3.41. The number of hydrogen-bond donors (Lipinski definition) is 0. The van der Waals surface area contributed by atoms with E-state index in [0.717, 1.165) is 38.8 Å². The summed E-state index contributed by atoms with van der Waals surface area (Å²) in [6, 6.07) is 23.7. The van der Waals surface area contributed by atoms with E-state index in [0.29, 0.717) is 43.4 Å². The Balaban J connectivity index is 1.57. The third-order valence-electron chi connectivity index (χ3n) is 6.20. The molecule has 0 saturated carbocycles. The van der Waals surface area contributed by atoms with Crippen molar-refractivity contribution < 1.29 is 14.3 Å². The van der Waals surface area contributed by atoms with Crippen molar-refractivity contribution in [2.45, 2.75) is 40.3 Å². The number of halogens is 2. The van der Waals surface area contributed by atoms with Gasteiger partial charge in [-0.2, -0.15) is 0 Å². The van der Waals surface area contributed by atoms with Gasteiger partial charge in [-0.15, -0.1) is 0 Å². The molecule has 1 heterocycles. The fraction of sp³-hybridized carbons (Fsp3) is 0.258. The van der Waals surface area contributed by atoms with Gasteiger partial charge in [0.15, 0.2) is 0 Å². The second kappa shape index (κ2) is 12.9. The van der Waals surface area contributed by atoms with Gasteiger partial charge in [0.2, 0.25) is 0 Å². The van der Waals surface area contributed by atoms with E-state index in [9.17, 15) is 4.79 Å². The van der Waals surface area contributed by atoms with Crippen LogP contribution in [0.1, 0.15) is 40.5 Å². The molecule has 0 N–H and O–H groups in total. The molecule has 198 valence electrons. The third kappa shape index (κ3) is 6.91. The number of ether oxygens (including phenoxy) is 2. The number of nitrogens with zero attached hydrogens (tertiary/aromatic N) is 2. The highest BCUT2D eigenvalue weighted by molar-refractivity contribution is 6.32. The van der Waals surface area contributed by atoms with Crippen LogP contribution >= 0.6 is 23.2 Å². The van der Waals surface area contributed by atoms with Gasteiger partial charge < -0.3 is 18.9 Å². The normalized spacial score (nSPS) is 10.9. The number of hydrogen-bond acceptors (Lipinski definition) is 4. The Morgan fingerprint density at radius 1 is 0.921 bits per heavy atom. The van der Waals surface area contributed by atoms with Gasteiger partial charge in [0.05, 0.1) is 18.9 Å². The maximum absolute atomic E-state index is 12.9. The first-order valence-electron chi connectivity index (χ1n) is 12.7. The molecule has 3 aromatic carbocycles. The Morgan fingerprint density at radius 3 is 2.34 bits per heavy atom. The van der Waals surface area contributed by atoms with E-state index >= 15 is 0 Å². The monoisotopic (exact) mass is 550 g/mol. The molecule has 0 saturated heterocycles. The summed E-state index contributed by atoms with van der Waals surface area (Å²) in [4.78, 5) is 15.0. The first kappa shape index (κ1) is 27.6. The lowest BCUT2D eigenvalue weighted by atomic mass is 10.1. The minimum absolute atomic E-state index is 0.308. The highest BCUT2D eigenvalue weighted by atomic mass is 35.5. The SMILES string of the molecule is CCOC(=O)c1cc(N(Cc2cccc(Cl)c2)c2ccccc2)cn1CCCOc1cc(C)c(Cl)c(C)c1. The van der Waals surface area contributed by atoms with Crippen molar-refractivity contribution in [3.8, 4) is 5.75 Å². The van der Waals surface area contributed by atoms with Gasteiger partial charge in [0.1, 0.15) is 11.4 Å². The summed E-state index contributed by atoms with van der Waals surface area (Å²) in [5.41, 5.74) is 5.45. The molecule has 1 aromatic heterocycles. The number of anilines is 2. The maximum atomic E-state index is 12.9. The zero-order valence-corrected chi connectivity index (χ0v) is 23.4. The first-order valence-corrected chi connectivity index (χ1v) is 13.4. The number of esters is 1. The fourth-order valence-corrected chi connectivity index (χ4v) is 4.70. The Morgan fingerprint density at radius 2 is 1.66 bits per heavy atom. The van der Waals surface area contributed by atoms with Crippen molar-refractivity contribution in [1.29, 1.82) is 0 Å². The van der Waals surface area contributed by atoms with Crippen LogP contribution < -0.4 is 9.64 Å². The number of carbonyl (C=O) groups excluding carboxylic acids is 1. The van der Waals surface area contributed by atoms with Crippen LogP contribution in [0.5, 0.6) is 5.75 Å². The second-order valence-corrected chi connectivity index (χ2v) is 9.94. The summed E-state index contributed by atoms with van der Waals surface area (Å²) in [5, 5.41) is 1.45. The molecule has 0 amide bonds. The molecule has 0 bridgehead atoms. The van der Waals surface area contributed by atoms with Gasteiger partial charge in [-0.25, -0.2) is 4.79 Å². The summed E-state index contributed by atoms with van der Waals surface area (Å²) in [6.45, 7) is 7.75. The molecule has 0 atom stereocenters. The van der Waals surface area contributed by atoms with Gasteiger partial charge in [-0.3, -0.25) is 0 Å². The number of rotatable bonds is 11. The first-order chi connectivity index (χ1) is 18.4. The van der Waals surface area contributed by atoms with E-state index in [4.69, 9.17) is 32.7 Å². The van der Waals surface area contributed by atoms with Crippen molar-refractivity contribution in [2.24, 2.45) is 0 Å². The highest BCUT2D eigenvalue weighted by Gasteiger charge is 2.19. The molecular formula is C31H32Cl2N2O3. The minimum atomic E-state index is -0.348. The molecule has 5 nitrogen and oxygen atoms in total. The predicted molar refractivity (Wildman–Crippen MR) is 155 cm³/mol. The standard InChI is InChI=1S/C31H32Cl2N2O3/c1-4-37-31(36)29-19-27(21-34(29)14-9-15-38-28-16-22(2)30(33)23(3)17-28)35(26-12-6-5-7-13-26)20-24-10-8-11-25(32)18-24/h5-8,10-13,16-19,21H,4,9,14-15,20H2,1-3H3. The number of para-hydroxylation sites is 1. The van der Waals surface area contributed by atoms with Crippen LogP contribution in [0.15, 0.2) is 79.0 Å². The van der Waals surface area contributed by atoms with Crippen LogP contribution in [0, 0.1) is 13.8 Å². The zero-order valence-electron chi connectivity index (χ0n) is 21.9. The third-order valence-corrected chi connectivity index (χ3v) is 7.03. The van der Waals surface area contributed by atoms with E-state index in [1.54, 1.807) is 0 Å². The second-order valence-electron chi connectivity index (χ2n) is 9.12. The molecule has 0 unspecified atom stereocenters. The Bertz CT molecular complexity index is 1360. The molecule has 38 heavy (non-hydrogen) atoms. The van der Waals surface area contributed by atoms with Crippen molar-refractivity contribution in [3.05, 3.63) is 111 Å². The van der Waals surface area contributed by atoms with Crippen LogP contribution in [-0.4, -0.2) is 23.8 Å². The molecule has 4 aromatic rings. The molecule has 0 radical (unpaired) electrons. The number of aromatic nitrogens is 1. The number of benzene rings is 3. The van der Waals surface area contributed by atoms with Crippen LogP contribution in [-0.2, 0) is 17.8 Å². The smallest absolute Gasteiger partial charge is 0.355 e. The zero-order chi connectivity index (χ0) is 27.1. The van der Waals surface area contributed by atoms with E-state index in [1.807, 2.05) is 92.2 Å². The van der Waals surface area contributed by atoms with Gasteiger partial charge in [0.25, 0.3) is 0 Å². The summed E-state index contributed by atoms with van der Waals surface area (Å²) in [7, 11) is 0. The molecule has 0 aliphatic heterocycles. The summed E-state index contributed by atoms with van der Waals surface area (Å²) < 4.78 is 13.3. The van der Waals surface area contributed by atoms with Crippen molar-refractivity contribution in [3.63, 3.8) is 0 Å². The summed E-state index contributed by atoms with van der Waals surface area (Å²) in [5.74, 6) is 0.444. The highest BCUT2D eigenvalue weighted by Crippen LogP contribution is 2.31. The van der Waals surface area contributed by atoms with Crippen LogP contribution in [0.3, 0.4) is 0 Å². The van der Waals surface area contributed by atoms with Crippen LogP contribution in [0.4, 0.5) is 11.4 Å². The lowest BCUT2D eigenvalue weighted by Gasteiger charge is -2.24. The van der Waals surface area contributed by atoms with Crippen LogP contribution in [0.25, 0.3) is 0 Å². The average molecular weight is 552 g/mol. The van der Waals surface area contributed by atoms with E-state index in [1.165, 1.54) is 0 Å². The van der Waals surface area contributed by atoms with E-state index < -0.39 is 0 Å². The predicted octanol–water partition coefficient (Wildman–Crippen LogP) is 8.40. The van der Waals surface area contributed by atoms with E-state index in [-0.39, 0.29) is 5.97 Å². The molecule has 4 rings (SSSR count). The van der Waals surface area contributed by atoms with Crippen LogP contribution in [0.2, 0.25) is 10.0 Å². The molecular weight excluding hydrogens is 519 g/mol. The minimum Gasteiger partial charge on any atom is -0.494 e. The quantitative estimate of drug-likeness (QED) is 0.139. The Kier molecular flexibility index (Phi) is 9.38. The molecule has 0 aliphatic carbocycles. The number of carbonyl (C=O) groups is 1.